The zero-order valence-electron chi connectivity index (χ0n) is 17.3. The zero-order chi connectivity index (χ0) is 22.0. The molecule has 1 unspecified atom stereocenters. The van der Waals surface area contributed by atoms with Crippen LogP contribution in [-0.4, -0.2) is 64.9 Å². The number of rotatable bonds is 6. The summed E-state index contributed by atoms with van der Waals surface area (Å²) in [6.45, 7) is 2.93. The van der Waals surface area contributed by atoms with Crippen LogP contribution >= 0.6 is 0 Å². The Hall–Kier alpha value is -3.26. The fourth-order valence-corrected chi connectivity index (χ4v) is 4.23. The van der Waals surface area contributed by atoms with Gasteiger partial charge in [-0.3, -0.25) is 14.6 Å². The number of pyridine rings is 1. The van der Waals surface area contributed by atoms with Gasteiger partial charge in [0.2, 0.25) is 0 Å². The molecular weight excluding hydrogens is 401 g/mol. The van der Waals surface area contributed by atoms with E-state index in [2.05, 4.69) is 9.88 Å². The number of Topliss-reactive ketones (excluding diaryl/α,β-unsaturated/α-hetero) is 1. The number of hydrogen-bond acceptors (Lipinski definition) is 6. The Kier molecular flexibility index (Phi) is 5.99. The lowest BCUT2D eigenvalue weighted by atomic mass is 9.96. The molecule has 8 heteroatoms. The Balaban J connectivity index is 1.75. The molecule has 1 amide bonds. The summed E-state index contributed by atoms with van der Waals surface area (Å²) in [5.74, 6) is -2.51. The number of nitrogens with zero attached hydrogens (tertiary/aromatic N) is 3. The molecule has 2 fully saturated rings. The molecule has 2 saturated heterocycles. The first kappa shape index (κ1) is 21.0. The number of amides is 1. The number of aliphatic hydroxyl groups is 1. The average Bonchev–Trinajstić information content (AvgIpc) is 3.39. The highest BCUT2D eigenvalue weighted by molar-refractivity contribution is 6.46. The number of hydrogen-bond donors (Lipinski definition) is 1. The lowest BCUT2D eigenvalue weighted by Gasteiger charge is -2.27. The van der Waals surface area contributed by atoms with Crippen molar-refractivity contribution >= 4 is 17.4 Å². The molecule has 0 spiro atoms. The van der Waals surface area contributed by atoms with Crippen LogP contribution in [0, 0.1) is 5.82 Å². The maximum absolute atomic E-state index is 14.2. The number of ketones is 1. The summed E-state index contributed by atoms with van der Waals surface area (Å²) in [6, 6.07) is 6.57. The number of ether oxygens (including phenoxy) is 1. The van der Waals surface area contributed by atoms with Gasteiger partial charge in [-0.2, -0.15) is 0 Å². The van der Waals surface area contributed by atoms with Gasteiger partial charge in [0.15, 0.2) is 11.6 Å². The summed E-state index contributed by atoms with van der Waals surface area (Å²) < 4.78 is 19.1. The van der Waals surface area contributed by atoms with E-state index in [0.717, 1.165) is 32.0 Å². The van der Waals surface area contributed by atoms with Crippen LogP contribution in [0.1, 0.15) is 30.0 Å². The topological polar surface area (TPSA) is 83.0 Å². The predicted octanol–water partition coefficient (Wildman–Crippen LogP) is 2.75. The Morgan fingerprint density at radius 3 is 2.52 bits per heavy atom. The summed E-state index contributed by atoms with van der Waals surface area (Å²) in [6.07, 6.45) is 5.39. The minimum Gasteiger partial charge on any atom is -0.507 e. The van der Waals surface area contributed by atoms with Gasteiger partial charge in [-0.05, 0) is 61.8 Å². The van der Waals surface area contributed by atoms with Crippen molar-refractivity contribution in [3.05, 3.63) is 65.2 Å². The van der Waals surface area contributed by atoms with Crippen molar-refractivity contribution in [2.45, 2.75) is 18.9 Å². The average molecular weight is 425 g/mol. The molecule has 1 N–H and O–H groups in total. The molecule has 31 heavy (non-hydrogen) atoms. The molecule has 4 rings (SSSR count). The molecule has 0 radical (unpaired) electrons. The molecule has 1 aromatic heterocycles. The maximum atomic E-state index is 14.2. The molecule has 0 bridgehead atoms. The molecule has 0 aliphatic carbocycles. The predicted molar refractivity (Wildman–Crippen MR) is 112 cm³/mol. The summed E-state index contributed by atoms with van der Waals surface area (Å²) in [5, 5.41) is 11.0. The van der Waals surface area contributed by atoms with Crippen LogP contribution in [0.25, 0.3) is 5.76 Å². The second-order valence-electron chi connectivity index (χ2n) is 7.67. The number of halogens is 1. The first-order valence-corrected chi connectivity index (χ1v) is 10.3. The van der Waals surface area contributed by atoms with E-state index in [4.69, 9.17) is 4.74 Å². The summed E-state index contributed by atoms with van der Waals surface area (Å²) in [7, 11) is 1.34. The molecule has 2 aliphatic heterocycles. The van der Waals surface area contributed by atoms with Crippen LogP contribution in [0.5, 0.6) is 5.75 Å². The summed E-state index contributed by atoms with van der Waals surface area (Å²) in [5.41, 5.74) is 0.711. The normalized spacial score (nSPS) is 21.1. The minimum atomic E-state index is -0.781. The third-order valence-corrected chi connectivity index (χ3v) is 5.84. The molecule has 2 aliphatic rings. The third kappa shape index (κ3) is 4.03. The van der Waals surface area contributed by atoms with Crippen LogP contribution in [0.15, 0.2) is 48.3 Å². The molecule has 3 heterocycles. The third-order valence-electron chi connectivity index (χ3n) is 5.84. The fourth-order valence-electron chi connectivity index (χ4n) is 4.23. The molecule has 0 saturated carbocycles. The standard InChI is InChI=1S/C23H24FN3O4/c1-31-18-5-4-16(14-17(18)24)21(28)19-20(15-6-8-25-9-7-15)27(23(30)22(19)29)13-12-26-10-2-3-11-26/h4-9,14,20,28H,2-3,10-13H2,1H3/b21-19+. The van der Waals surface area contributed by atoms with Crippen molar-refractivity contribution in [3.8, 4) is 5.75 Å². The minimum absolute atomic E-state index is 0.0216. The van der Waals surface area contributed by atoms with Crippen molar-refractivity contribution in [2.75, 3.05) is 33.3 Å². The van der Waals surface area contributed by atoms with E-state index in [1.54, 1.807) is 24.5 Å². The van der Waals surface area contributed by atoms with Crippen molar-refractivity contribution in [2.24, 2.45) is 0 Å². The van der Waals surface area contributed by atoms with E-state index in [0.29, 0.717) is 18.7 Å². The largest absolute Gasteiger partial charge is 0.507 e. The lowest BCUT2D eigenvalue weighted by Crippen LogP contribution is -2.37. The smallest absolute Gasteiger partial charge is 0.295 e. The van der Waals surface area contributed by atoms with Gasteiger partial charge in [-0.15, -0.1) is 0 Å². The maximum Gasteiger partial charge on any atom is 0.295 e. The Morgan fingerprint density at radius 2 is 1.87 bits per heavy atom. The molecule has 7 nitrogen and oxygen atoms in total. The number of aromatic nitrogens is 1. The van der Waals surface area contributed by atoms with E-state index < -0.39 is 29.3 Å². The quantitative estimate of drug-likeness (QED) is 0.435. The van der Waals surface area contributed by atoms with Gasteiger partial charge in [0.25, 0.3) is 11.7 Å². The highest BCUT2D eigenvalue weighted by Crippen LogP contribution is 2.39. The van der Waals surface area contributed by atoms with Crippen LogP contribution in [-0.2, 0) is 9.59 Å². The first-order chi connectivity index (χ1) is 15.0. The Labute approximate surface area is 179 Å². The van der Waals surface area contributed by atoms with Crippen LogP contribution in [0.4, 0.5) is 4.39 Å². The number of methoxy groups -OCH3 is 1. The van der Waals surface area contributed by atoms with Gasteiger partial charge in [-0.1, -0.05) is 0 Å². The van der Waals surface area contributed by atoms with Gasteiger partial charge in [0.05, 0.1) is 18.7 Å². The highest BCUT2D eigenvalue weighted by atomic mass is 19.1. The molecule has 2 aromatic rings. The SMILES string of the molecule is COc1ccc(/C(O)=C2\C(=O)C(=O)N(CCN3CCCC3)C2c2ccncc2)cc1F. The van der Waals surface area contributed by atoms with E-state index in [1.807, 2.05) is 0 Å². The van der Waals surface area contributed by atoms with Crippen LogP contribution in [0.3, 0.4) is 0 Å². The highest BCUT2D eigenvalue weighted by Gasteiger charge is 2.46. The fraction of sp³-hybridized carbons (Fsp3) is 0.348. The van der Waals surface area contributed by atoms with Gasteiger partial charge in [0, 0.05) is 31.0 Å². The van der Waals surface area contributed by atoms with E-state index in [1.165, 1.54) is 24.1 Å². The monoisotopic (exact) mass is 425 g/mol. The molecular formula is C23H24FN3O4. The number of aliphatic hydroxyl groups excluding tert-OH is 1. The van der Waals surface area contributed by atoms with E-state index in [9.17, 15) is 19.1 Å². The van der Waals surface area contributed by atoms with Crippen molar-refractivity contribution in [1.29, 1.82) is 0 Å². The number of carbonyl (C=O) groups excluding carboxylic acids is 2. The number of likely N-dealkylation sites (tertiary alicyclic amines) is 2. The van der Waals surface area contributed by atoms with Crippen LogP contribution in [0.2, 0.25) is 0 Å². The van der Waals surface area contributed by atoms with Crippen molar-refractivity contribution < 1.29 is 23.8 Å². The second kappa shape index (κ2) is 8.85. The summed E-state index contributed by atoms with van der Waals surface area (Å²) >= 11 is 0. The van der Waals surface area contributed by atoms with Crippen molar-refractivity contribution in [1.82, 2.24) is 14.8 Å². The van der Waals surface area contributed by atoms with E-state index >= 15 is 0 Å². The van der Waals surface area contributed by atoms with Crippen molar-refractivity contribution in [3.63, 3.8) is 0 Å². The summed E-state index contributed by atoms with van der Waals surface area (Å²) in [4.78, 5) is 33.6. The van der Waals surface area contributed by atoms with Gasteiger partial charge >= 0.3 is 0 Å². The van der Waals surface area contributed by atoms with Gasteiger partial charge < -0.3 is 19.6 Å². The Morgan fingerprint density at radius 1 is 1.16 bits per heavy atom. The van der Waals surface area contributed by atoms with Gasteiger partial charge in [0.1, 0.15) is 5.76 Å². The van der Waals surface area contributed by atoms with E-state index in [-0.39, 0.29) is 16.9 Å². The molecule has 162 valence electrons. The number of benzene rings is 1. The molecule has 1 aromatic carbocycles. The molecule has 1 atom stereocenters. The second-order valence-corrected chi connectivity index (χ2v) is 7.67. The number of carbonyl (C=O) groups is 2. The first-order valence-electron chi connectivity index (χ1n) is 10.3. The zero-order valence-corrected chi connectivity index (χ0v) is 17.3. The lowest BCUT2D eigenvalue weighted by molar-refractivity contribution is -0.140. The van der Waals surface area contributed by atoms with Crippen LogP contribution < -0.4 is 4.74 Å². The van der Waals surface area contributed by atoms with Gasteiger partial charge in [-0.25, -0.2) is 4.39 Å². The Bertz CT molecular complexity index is 1020.